The minimum atomic E-state index is -3.69. The molecule has 2 N–H and O–H groups in total. The highest BCUT2D eigenvalue weighted by molar-refractivity contribution is 7.89. The Kier molecular flexibility index (Phi) is 4.13. The molecule has 0 aliphatic heterocycles. The highest BCUT2D eigenvalue weighted by Gasteiger charge is 2.37. The molecular formula is C14H19ClN4O2S2. The fraction of sp³-hybridized carbons (Fsp3) is 0.643. The summed E-state index contributed by atoms with van der Waals surface area (Å²) in [5.74, 6) is 0. The maximum atomic E-state index is 12.7. The monoisotopic (exact) mass is 374 g/mol. The molecule has 0 unspecified atom stereocenters. The molecule has 2 aromatic heterocycles. The fourth-order valence-corrected chi connectivity index (χ4v) is 6.23. The lowest BCUT2D eigenvalue weighted by atomic mass is 9.86. The summed E-state index contributed by atoms with van der Waals surface area (Å²) in [4.78, 5) is 4.69. The van der Waals surface area contributed by atoms with Gasteiger partial charge < -0.3 is 5.32 Å². The lowest BCUT2D eigenvalue weighted by Gasteiger charge is -2.39. The van der Waals surface area contributed by atoms with Gasteiger partial charge >= 0.3 is 0 Å². The summed E-state index contributed by atoms with van der Waals surface area (Å²) in [5, 5.41) is 5.47. The number of rotatable bonds is 5. The third-order valence-electron chi connectivity index (χ3n) is 4.82. The number of hydrogen-bond acceptors (Lipinski definition) is 5. The van der Waals surface area contributed by atoms with Gasteiger partial charge in [0.15, 0.2) is 15.1 Å². The Morgan fingerprint density at radius 1 is 1.22 bits per heavy atom. The second-order valence-corrected chi connectivity index (χ2v) is 9.18. The average Bonchev–Trinajstić information content (AvgIpc) is 3.17. The van der Waals surface area contributed by atoms with Crippen molar-refractivity contribution in [1.29, 1.82) is 0 Å². The molecule has 0 radical (unpaired) electrons. The van der Waals surface area contributed by atoms with Gasteiger partial charge in [0.2, 0.25) is 0 Å². The Morgan fingerprint density at radius 3 is 2.65 bits per heavy atom. The smallest absolute Gasteiger partial charge is 0.260 e. The van der Waals surface area contributed by atoms with Gasteiger partial charge in [-0.15, -0.1) is 11.3 Å². The van der Waals surface area contributed by atoms with Crippen molar-refractivity contribution in [2.75, 3.05) is 0 Å². The normalized spacial score (nSPS) is 26.0. The highest BCUT2D eigenvalue weighted by Crippen LogP contribution is 2.29. The summed E-state index contributed by atoms with van der Waals surface area (Å²) in [7, 11) is -3.69. The first-order chi connectivity index (χ1) is 11.0. The quantitative estimate of drug-likeness (QED) is 0.842. The molecule has 0 saturated heterocycles. The van der Waals surface area contributed by atoms with Crippen LogP contribution in [0.3, 0.4) is 0 Å². The third kappa shape index (κ3) is 2.91. The Bertz CT molecular complexity index is 810. The first-order valence-electron chi connectivity index (χ1n) is 7.94. The molecule has 2 fully saturated rings. The Labute approximate surface area is 144 Å². The van der Waals surface area contributed by atoms with Crippen LogP contribution >= 0.6 is 22.9 Å². The molecule has 2 atom stereocenters. The van der Waals surface area contributed by atoms with E-state index >= 15 is 0 Å². The van der Waals surface area contributed by atoms with Gasteiger partial charge in [0.05, 0.1) is 0 Å². The molecule has 0 bridgehead atoms. The van der Waals surface area contributed by atoms with Gasteiger partial charge in [0.25, 0.3) is 10.0 Å². The largest absolute Gasteiger partial charge is 0.310 e. The van der Waals surface area contributed by atoms with Crippen LogP contribution < -0.4 is 10.0 Å². The summed E-state index contributed by atoms with van der Waals surface area (Å²) >= 11 is 7.41. The van der Waals surface area contributed by atoms with Crippen molar-refractivity contribution in [3.63, 3.8) is 0 Å². The second kappa shape index (κ2) is 6.00. The zero-order valence-corrected chi connectivity index (χ0v) is 14.9. The van der Waals surface area contributed by atoms with Crippen molar-refractivity contribution in [3.8, 4) is 0 Å². The van der Waals surface area contributed by atoms with E-state index < -0.39 is 10.0 Å². The number of hydrogen-bond donors (Lipinski definition) is 2. The standard InChI is InChI=1S/C14H19ClN4O2S2/c15-12-13(19-7-8-22-14(19)17-12)23(20,21)18-11-6-5-10(11)16-9-3-1-2-4-9/h7-11,16,18H,1-6H2/t10-,11+/m0/s1. The SMILES string of the molecule is O=S(=O)(N[C@@H]1CC[C@@H]1NC1CCCC1)c1c(Cl)nc2sccn12. The molecule has 4 rings (SSSR count). The molecule has 6 nitrogen and oxygen atoms in total. The van der Waals surface area contributed by atoms with Gasteiger partial charge in [-0.1, -0.05) is 24.4 Å². The predicted octanol–water partition coefficient (Wildman–Crippen LogP) is 2.39. The van der Waals surface area contributed by atoms with Gasteiger partial charge in [0.1, 0.15) is 0 Å². The van der Waals surface area contributed by atoms with Crippen molar-refractivity contribution < 1.29 is 8.42 Å². The van der Waals surface area contributed by atoms with Crippen LogP contribution in [0.5, 0.6) is 0 Å². The number of nitrogens with zero attached hydrogens (tertiary/aromatic N) is 2. The molecule has 2 saturated carbocycles. The van der Waals surface area contributed by atoms with E-state index in [-0.39, 0.29) is 22.3 Å². The van der Waals surface area contributed by atoms with E-state index in [2.05, 4.69) is 15.0 Å². The Morgan fingerprint density at radius 2 is 1.96 bits per heavy atom. The minimum Gasteiger partial charge on any atom is -0.310 e. The van der Waals surface area contributed by atoms with Crippen molar-refractivity contribution in [2.45, 2.75) is 61.7 Å². The van der Waals surface area contributed by atoms with E-state index in [1.807, 2.05) is 0 Å². The van der Waals surface area contributed by atoms with Crippen molar-refractivity contribution >= 4 is 37.9 Å². The van der Waals surface area contributed by atoms with Crippen LogP contribution in [0.2, 0.25) is 5.15 Å². The Balaban J connectivity index is 1.51. The lowest BCUT2D eigenvalue weighted by Crippen LogP contribution is -2.58. The molecule has 2 aromatic rings. The second-order valence-electron chi connectivity index (χ2n) is 6.32. The minimum absolute atomic E-state index is 0.0315. The van der Waals surface area contributed by atoms with Crippen molar-refractivity contribution in [1.82, 2.24) is 19.4 Å². The number of fused-ring (bicyclic) bond motifs is 1. The molecule has 0 amide bonds. The number of aromatic nitrogens is 2. The van der Waals surface area contributed by atoms with Crippen LogP contribution in [0, 0.1) is 0 Å². The first-order valence-corrected chi connectivity index (χ1v) is 10.7. The molecule has 2 heterocycles. The van der Waals surface area contributed by atoms with Crippen LogP contribution in [-0.2, 0) is 10.0 Å². The lowest BCUT2D eigenvalue weighted by molar-refractivity contribution is 0.243. The number of thiazole rings is 1. The molecule has 0 spiro atoms. The zero-order chi connectivity index (χ0) is 16.0. The fourth-order valence-electron chi connectivity index (χ4n) is 3.47. The van der Waals surface area contributed by atoms with Crippen LogP contribution in [0.4, 0.5) is 0 Å². The molecule has 2 aliphatic rings. The molecule has 9 heteroatoms. The summed E-state index contributed by atoms with van der Waals surface area (Å²) in [5.41, 5.74) is 0. The summed E-state index contributed by atoms with van der Waals surface area (Å²) < 4.78 is 29.8. The maximum Gasteiger partial charge on any atom is 0.260 e. The van der Waals surface area contributed by atoms with Gasteiger partial charge in [-0.2, -0.15) is 0 Å². The summed E-state index contributed by atoms with van der Waals surface area (Å²) in [6.07, 6.45) is 8.47. The van der Waals surface area contributed by atoms with E-state index in [0.717, 1.165) is 12.8 Å². The number of nitrogens with one attached hydrogen (secondary N) is 2. The molecule has 23 heavy (non-hydrogen) atoms. The molecular weight excluding hydrogens is 356 g/mol. The van der Waals surface area contributed by atoms with Crippen LogP contribution in [0.25, 0.3) is 4.96 Å². The summed E-state index contributed by atoms with van der Waals surface area (Å²) in [6, 6.07) is 0.688. The highest BCUT2D eigenvalue weighted by atomic mass is 35.5. The van der Waals surface area contributed by atoms with Crippen LogP contribution in [-0.4, -0.2) is 35.9 Å². The topological polar surface area (TPSA) is 75.5 Å². The summed E-state index contributed by atoms with van der Waals surface area (Å²) in [6.45, 7) is 0. The Hall–Kier alpha value is -0.670. The van der Waals surface area contributed by atoms with Gasteiger partial charge in [-0.05, 0) is 25.7 Å². The molecule has 126 valence electrons. The van der Waals surface area contributed by atoms with Crippen LogP contribution in [0.1, 0.15) is 38.5 Å². The average molecular weight is 375 g/mol. The van der Waals surface area contributed by atoms with Crippen LogP contribution in [0.15, 0.2) is 16.6 Å². The van der Waals surface area contributed by atoms with E-state index in [1.54, 1.807) is 11.6 Å². The zero-order valence-electron chi connectivity index (χ0n) is 12.5. The van der Waals surface area contributed by atoms with E-state index in [1.165, 1.54) is 41.4 Å². The van der Waals surface area contributed by atoms with Crippen molar-refractivity contribution in [3.05, 3.63) is 16.7 Å². The number of halogens is 1. The maximum absolute atomic E-state index is 12.7. The van der Waals surface area contributed by atoms with Gasteiger partial charge in [-0.25, -0.2) is 18.1 Å². The number of imidazole rings is 1. The van der Waals surface area contributed by atoms with Gasteiger partial charge in [-0.3, -0.25) is 4.40 Å². The predicted molar refractivity (Wildman–Crippen MR) is 90.6 cm³/mol. The molecule has 2 aliphatic carbocycles. The van der Waals surface area contributed by atoms with Gasteiger partial charge in [0, 0.05) is 29.7 Å². The molecule has 0 aromatic carbocycles. The van der Waals surface area contributed by atoms with E-state index in [9.17, 15) is 8.42 Å². The van der Waals surface area contributed by atoms with Crippen molar-refractivity contribution in [2.24, 2.45) is 0 Å². The van der Waals surface area contributed by atoms with E-state index in [0.29, 0.717) is 11.0 Å². The van der Waals surface area contributed by atoms with E-state index in [4.69, 9.17) is 11.6 Å². The third-order valence-corrected chi connectivity index (χ3v) is 7.46. The number of sulfonamides is 1. The first kappa shape index (κ1) is 15.8.